The molecule has 0 bridgehead atoms. The van der Waals surface area contributed by atoms with Gasteiger partial charge >= 0.3 is 0 Å². The maximum absolute atomic E-state index is 11.8. The third kappa shape index (κ3) is 3.06. The Kier molecular flexibility index (Phi) is 4.30. The summed E-state index contributed by atoms with van der Waals surface area (Å²) in [5.41, 5.74) is 0.639. The molecule has 1 N–H and O–H groups in total. The molecular weight excluding hydrogens is 194 g/mol. The second-order valence-corrected chi connectivity index (χ2v) is 3.45. The fourth-order valence-electron chi connectivity index (χ4n) is 1.28. The van der Waals surface area contributed by atoms with Gasteiger partial charge in [-0.15, -0.1) is 0 Å². The Morgan fingerprint density at radius 3 is 2.93 bits per heavy atom. The smallest absolute Gasteiger partial charge is 0.291 e. The van der Waals surface area contributed by atoms with E-state index >= 15 is 0 Å². The monoisotopic (exact) mass is 211 g/mol. The molecule has 0 atom stereocenters. The summed E-state index contributed by atoms with van der Waals surface area (Å²) in [6, 6.07) is 0. The van der Waals surface area contributed by atoms with Gasteiger partial charge in [-0.05, 0) is 26.9 Å². The number of aryl methyl sites for hydroxylation is 1. The Morgan fingerprint density at radius 1 is 1.67 bits per heavy atom. The zero-order valence-corrected chi connectivity index (χ0v) is 9.41. The van der Waals surface area contributed by atoms with Gasteiger partial charge < -0.3 is 14.6 Å². The molecule has 0 aliphatic rings. The minimum atomic E-state index is -0.110. The van der Waals surface area contributed by atoms with E-state index in [-0.39, 0.29) is 5.91 Å². The average molecular weight is 211 g/mol. The first-order valence-electron chi connectivity index (χ1n) is 4.97. The van der Waals surface area contributed by atoms with Gasteiger partial charge in [-0.25, -0.2) is 4.98 Å². The second-order valence-electron chi connectivity index (χ2n) is 3.45. The van der Waals surface area contributed by atoms with E-state index in [0.29, 0.717) is 18.0 Å². The van der Waals surface area contributed by atoms with Crippen LogP contribution in [0.3, 0.4) is 0 Å². The van der Waals surface area contributed by atoms with Crippen LogP contribution in [-0.4, -0.2) is 43.0 Å². The Balaban J connectivity index is 2.50. The van der Waals surface area contributed by atoms with Gasteiger partial charge in [0.15, 0.2) is 6.39 Å². The van der Waals surface area contributed by atoms with E-state index in [2.05, 4.69) is 10.3 Å². The summed E-state index contributed by atoms with van der Waals surface area (Å²) in [6.45, 7) is 3.37. The quantitative estimate of drug-likeness (QED) is 0.727. The van der Waals surface area contributed by atoms with Crippen molar-refractivity contribution in [3.8, 4) is 0 Å². The minimum Gasteiger partial charge on any atom is -0.438 e. The van der Waals surface area contributed by atoms with Crippen LogP contribution in [0.4, 0.5) is 0 Å². The number of rotatable bonds is 5. The van der Waals surface area contributed by atoms with Gasteiger partial charge in [0.1, 0.15) is 0 Å². The molecule has 5 heteroatoms. The zero-order chi connectivity index (χ0) is 11.3. The summed E-state index contributed by atoms with van der Waals surface area (Å²) in [4.78, 5) is 17.3. The van der Waals surface area contributed by atoms with Crippen molar-refractivity contribution in [3.05, 3.63) is 17.8 Å². The highest BCUT2D eigenvalue weighted by molar-refractivity contribution is 5.92. The highest BCUT2D eigenvalue weighted by Crippen LogP contribution is 2.08. The topological polar surface area (TPSA) is 58.4 Å². The van der Waals surface area contributed by atoms with Crippen molar-refractivity contribution in [2.24, 2.45) is 0 Å². The zero-order valence-electron chi connectivity index (χ0n) is 9.41. The van der Waals surface area contributed by atoms with Crippen LogP contribution in [0, 0.1) is 6.92 Å². The lowest BCUT2D eigenvalue weighted by molar-refractivity contribution is 0.0761. The van der Waals surface area contributed by atoms with Gasteiger partial charge in [-0.3, -0.25) is 4.79 Å². The number of nitrogens with one attached hydrogen (secondary N) is 1. The summed E-state index contributed by atoms with van der Waals surface area (Å²) < 4.78 is 5.04. The van der Waals surface area contributed by atoms with Crippen LogP contribution in [0.5, 0.6) is 0 Å². The van der Waals surface area contributed by atoms with Gasteiger partial charge in [0.25, 0.3) is 5.91 Å². The van der Waals surface area contributed by atoms with Gasteiger partial charge in [-0.1, -0.05) is 0 Å². The molecule has 1 rings (SSSR count). The maximum Gasteiger partial charge on any atom is 0.291 e. The standard InChI is InChI=1S/C10H17N3O2/c1-8-9(15-7-12-8)10(14)13(3)6-4-5-11-2/h7,11H,4-6H2,1-3H3. The number of nitrogens with zero attached hydrogens (tertiary/aromatic N) is 2. The molecule has 15 heavy (non-hydrogen) atoms. The summed E-state index contributed by atoms with van der Waals surface area (Å²) in [7, 11) is 3.66. The number of hydrogen-bond acceptors (Lipinski definition) is 4. The highest BCUT2D eigenvalue weighted by atomic mass is 16.3. The van der Waals surface area contributed by atoms with E-state index < -0.39 is 0 Å². The van der Waals surface area contributed by atoms with E-state index in [0.717, 1.165) is 13.0 Å². The predicted molar refractivity (Wildman–Crippen MR) is 56.7 cm³/mol. The van der Waals surface area contributed by atoms with E-state index in [1.54, 1.807) is 18.9 Å². The summed E-state index contributed by atoms with van der Waals surface area (Å²) in [5, 5.41) is 3.03. The van der Waals surface area contributed by atoms with Crippen molar-refractivity contribution in [1.29, 1.82) is 0 Å². The molecule has 0 unspecified atom stereocenters. The van der Waals surface area contributed by atoms with Crippen molar-refractivity contribution < 1.29 is 9.21 Å². The molecule has 0 aliphatic carbocycles. The summed E-state index contributed by atoms with van der Waals surface area (Å²) in [5.74, 6) is 0.225. The summed E-state index contributed by atoms with van der Waals surface area (Å²) >= 11 is 0. The number of amides is 1. The van der Waals surface area contributed by atoms with Crippen LogP contribution >= 0.6 is 0 Å². The molecule has 0 aromatic carbocycles. The van der Waals surface area contributed by atoms with Crippen molar-refractivity contribution in [2.45, 2.75) is 13.3 Å². The SMILES string of the molecule is CNCCCN(C)C(=O)c1ocnc1C. The third-order valence-electron chi connectivity index (χ3n) is 2.21. The van der Waals surface area contributed by atoms with Crippen LogP contribution < -0.4 is 5.32 Å². The fraction of sp³-hybridized carbons (Fsp3) is 0.600. The maximum atomic E-state index is 11.8. The lowest BCUT2D eigenvalue weighted by atomic mass is 10.3. The molecule has 84 valence electrons. The molecule has 0 spiro atoms. The number of hydrogen-bond donors (Lipinski definition) is 1. The molecule has 0 fully saturated rings. The Morgan fingerprint density at radius 2 is 2.40 bits per heavy atom. The molecular formula is C10H17N3O2. The first-order valence-corrected chi connectivity index (χ1v) is 4.97. The largest absolute Gasteiger partial charge is 0.438 e. The van der Waals surface area contributed by atoms with Gasteiger partial charge in [-0.2, -0.15) is 0 Å². The molecule has 1 aromatic rings. The van der Waals surface area contributed by atoms with Gasteiger partial charge in [0.2, 0.25) is 5.76 Å². The first kappa shape index (κ1) is 11.7. The molecule has 1 heterocycles. The highest BCUT2D eigenvalue weighted by Gasteiger charge is 2.17. The van der Waals surface area contributed by atoms with E-state index in [1.165, 1.54) is 6.39 Å². The second kappa shape index (κ2) is 5.50. The van der Waals surface area contributed by atoms with Gasteiger partial charge in [0, 0.05) is 13.6 Å². The van der Waals surface area contributed by atoms with Crippen molar-refractivity contribution >= 4 is 5.91 Å². The van der Waals surface area contributed by atoms with Crippen LogP contribution in [0.2, 0.25) is 0 Å². The Hall–Kier alpha value is -1.36. The van der Waals surface area contributed by atoms with Crippen LogP contribution in [0.15, 0.2) is 10.8 Å². The minimum absolute atomic E-state index is 0.110. The molecule has 0 saturated carbocycles. The van der Waals surface area contributed by atoms with Crippen LogP contribution in [0.25, 0.3) is 0 Å². The van der Waals surface area contributed by atoms with Crippen molar-refractivity contribution in [3.63, 3.8) is 0 Å². The molecule has 1 amide bonds. The summed E-state index contributed by atoms with van der Waals surface area (Å²) in [6.07, 6.45) is 2.22. The number of carbonyl (C=O) groups is 1. The molecule has 0 saturated heterocycles. The number of aromatic nitrogens is 1. The molecule has 1 aromatic heterocycles. The lowest BCUT2D eigenvalue weighted by Crippen LogP contribution is -2.29. The fourth-order valence-corrected chi connectivity index (χ4v) is 1.28. The van der Waals surface area contributed by atoms with Gasteiger partial charge in [0.05, 0.1) is 5.69 Å². The van der Waals surface area contributed by atoms with E-state index in [4.69, 9.17) is 4.42 Å². The van der Waals surface area contributed by atoms with E-state index in [1.807, 2.05) is 7.05 Å². The number of carbonyl (C=O) groups excluding carboxylic acids is 1. The number of oxazole rings is 1. The molecule has 0 radical (unpaired) electrons. The average Bonchev–Trinajstić information content (AvgIpc) is 2.63. The Bertz CT molecular complexity index is 322. The van der Waals surface area contributed by atoms with E-state index in [9.17, 15) is 4.79 Å². The molecule has 0 aliphatic heterocycles. The van der Waals surface area contributed by atoms with Crippen LogP contribution in [-0.2, 0) is 0 Å². The van der Waals surface area contributed by atoms with Crippen molar-refractivity contribution in [2.75, 3.05) is 27.2 Å². The first-order chi connectivity index (χ1) is 7.16. The normalized spacial score (nSPS) is 10.3. The van der Waals surface area contributed by atoms with Crippen molar-refractivity contribution in [1.82, 2.24) is 15.2 Å². The lowest BCUT2D eigenvalue weighted by Gasteiger charge is -2.15. The third-order valence-corrected chi connectivity index (χ3v) is 2.21. The predicted octanol–water partition coefficient (Wildman–Crippen LogP) is 0.665. The van der Waals surface area contributed by atoms with Crippen LogP contribution in [0.1, 0.15) is 22.7 Å². The Labute approximate surface area is 89.5 Å². The molecule has 5 nitrogen and oxygen atoms in total.